The van der Waals surface area contributed by atoms with Crippen LogP contribution in [0.25, 0.3) is 0 Å². The van der Waals surface area contributed by atoms with Gasteiger partial charge >= 0.3 is 5.97 Å². The smallest absolute Gasteiger partial charge is 0.311 e. The van der Waals surface area contributed by atoms with Gasteiger partial charge in [-0.3, -0.25) is 14.5 Å². The number of carbonyl (C=O) groups is 2. The quantitative estimate of drug-likeness (QED) is 0.251. The number of para-hydroxylation sites is 1. The van der Waals surface area contributed by atoms with E-state index in [0.717, 1.165) is 42.6 Å². The molecule has 1 saturated heterocycles. The van der Waals surface area contributed by atoms with Gasteiger partial charge in [0.1, 0.15) is 0 Å². The predicted molar refractivity (Wildman–Crippen MR) is 192 cm³/mol. The fourth-order valence-electron chi connectivity index (χ4n) is 8.26. The van der Waals surface area contributed by atoms with Gasteiger partial charge in [0.15, 0.2) is 0 Å². The summed E-state index contributed by atoms with van der Waals surface area (Å²) in [6.45, 7) is 15.9. The first-order chi connectivity index (χ1) is 22.8. The van der Waals surface area contributed by atoms with Gasteiger partial charge in [-0.1, -0.05) is 108 Å². The zero-order chi connectivity index (χ0) is 34.2. The number of fused-ring (bicyclic) bond motifs is 4. The average molecular weight is 651 g/mol. The number of methoxy groups -OCH3 is 1. The molecule has 1 aliphatic carbocycles. The van der Waals surface area contributed by atoms with E-state index in [9.17, 15) is 9.59 Å². The molecule has 48 heavy (non-hydrogen) atoms. The highest BCUT2D eigenvalue weighted by atomic mass is 16.5. The second-order valence-electron chi connectivity index (χ2n) is 16.3. The Morgan fingerprint density at radius 1 is 0.833 bits per heavy atom. The van der Waals surface area contributed by atoms with E-state index in [2.05, 4.69) is 113 Å². The molecule has 2 heterocycles. The number of hydrogen-bond donors (Lipinski definition) is 0. The molecule has 0 radical (unpaired) electrons. The highest BCUT2D eigenvalue weighted by Gasteiger charge is 2.50. The van der Waals surface area contributed by atoms with Gasteiger partial charge < -0.3 is 14.4 Å². The Kier molecular flexibility index (Phi) is 9.88. The number of benzene rings is 3. The maximum absolute atomic E-state index is 13.8. The van der Waals surface area contributed by atoms with Crippen LogP contribution in [0.15, 0.2) is 72.8 Å². The van der Waals surface area contributed by atoms with Crippen LogP contribution >= 0.6 is 0 Å². The number of esters is 1. The Hall–Kier alpha value is -3.48. The van der Waals surface area contributed by atoms with Crippen molar-refractivity contribution >= 4 is 17.6 Å². The van der Waals surface area contributed by atoms with Crippen molar-refractivity contribution in [3.63, 3.8) is 0 Å². The van der Waals surface area contributed by atoms with Gasteiger partial charge in [-0.05, 0) is 75.8 Å². The summed E-state index contributed by atoms with van der Waals surface area (Å²) in [7, 11) is 1.51. The highest BCUT2D eigenvalue weighted by Crippen LogP contribution is 2.50. The summed E-state index contributed by atoms with van der Waals surface area (Å²) in [6.07, 6.45) is 2.95. The summed E-state index contributed by atoms with van der Waals surface area (Å²) in [5, 5.41) is 0. The lowest BCUT2D eigenvalue weighted by Crippen LogP contribution is -2.53. The van der Waals surface area contributed by atoms with E-state index < -0.39 is 0 Å². The summed E-state index contributed by atoms with van der Waals surface area (Å²) in [5.41, 5.74) is 7.14. The van der Waals surface area contributed by atoms with E-state index in [1.807, 2.05) is 11.0 Å². The second-order valence-corrected chi connectivity index (χ2v) is 16.3. The van der Waals surface area contributed by atoms with Crippen LogP contribution in [0.2, 0.25) is 0 Å². The largest absolute Gasteiger partial charge is 0.469 e. The highest BCUT2D eigenvalue weighted by molar-refractivity contribution is 5.94. The Balaban J connectivity index is 1.24. The minimum absolute atomic E-state index is 0.0761. The predicted octanol–water partition coefficient (Wildman–Crippen LogP) is 8.37. The van der Waals surface area contributed by atoms with E-state index in [0.29, 0.717) is 32.0 Å². The molecule has 6 heteroatoms. The third kappa shape index (κ3) is 7.25. The summed E-state index contributed by atoms with van der Waals surface area (Å²) in [4.78, 5) is 31.9. The van der Waals surface area contributed by atoms with Crippen molar-refractivity contribution in [1.82, 2.24) is 4.90 Å². The minimum atomic E-state index is -0.318. The molecule has 1 amide bonds. The van der Waals surface area contributed by atoms with Crippen molar-refractivity contribution in [1.29, 1.82) is 0 Å². The number of piperidine rings is 1. The van der Waals surface area contributed by atoms with Crippen molar-refractivity contribution in [2.75, 3.05) is 25.1 Å². The normalized spacial score (nSPS) is 24.9. The summed E-state index contributed by atoms with van der Waals surface area (Å²) in [6, 6.07) is 25.9. The Bertz CT molecular complexity index is 1580. The van der Waals surface area contributed by atoms with E-state index in [4.69, 9.17) is 9.47 Å². The van der Waals surface area contributed by atoms with Gasteiger partial charge in [-0.2, -0.15) is 0 Å². The molecule has 6 rings (SSSR count). The monoisotopic (exact) mass is 650 g/mol. The molecular formula is C42H54N2O4. The lowest BCUT2D eigenvalue weighted by atomic mass is 9.65. The van der Waals surface area contributed by atoms with Crippen LogP contribution in [0, 0.1) is 17.8 Å². The first-order valence-corrected chi connectivity index (χ1v) is 17.8. The molecule has 5 atom stereocenters. The van der Waals surface area contributed by atoms with Gasteiger partial charge in [0.05, 0.1) is 32.3 Å². The van der Waals surface area contributed by atoms with Gasteiger partial charge in [0, 0.05) is 31.2 Å². The average Bonchev–Trinajstić information content (AvgIpc) is 3.06. The van der Waals surface area contributed by atoms with Crippen LogP contribution in [0.3, 0.4) is 0 Å². The summed E-state index contributed by atoms with van der Waals surface area (Å²) in [5.74, 6) is 0.169. The summed E-state index contributed by atoms with van der Waals surface area (Å²) >= 11 is 0. The van der Waals surface area contributed by atoms with E-state index in [1.54, 1.807) is 0 Å². The van der Waals surface area contributed by atoms with E-state index >= 15 is 0 Å². The maximum atomic E-state index is 13.8. The van der Waals surface area contributed by atoms with Gasteiger partial charge in [0.2, 0.25) is 5.91 Å². The number of nitrogens with zero attached hydrogens (tertiary/aromatic N) is 2. The molecule has 0 bridgehead atoms. The van der Waals surface area contributed by atoms with Crippen molar-refractivity contribution in [3.8, 4) is 0 Å². The first-order valence-electron chi connectivity index (χ1n) is 17.8. The molecule has 3 aliphatic rings. The van der Waals surface area contributed by atoms with Crippen LogP contribution in [0.4, 0.5) is 5.69 Å². The Morgan fingerprint density at radius 2 is 1.46 bits per heavy atom. The lowest BCUT2D eigenvalue weighted by molar-refractivity contribution is -0.165. The van der Waals surface area contributed by atoms with Gasteiger partial charge in [-0.25, -0.2) is 0 Å². The zero-order valence-corrected chi connectivity index (χ0v) is 30.0. The number of anilines is 1. The topological polar surface area (TPSA) is 59.1 Å². The molecule has 256 valence electrons. The zero-order valence-electron chi connectivity index (χ0n) is 30.0. The molecule has 1 saturated carbocycles. The molecule has 2 aliphatic heterocycles. The molecule has 3 aromatic carbocycles. The molecule has 6 nitrogen and oxygen atoms in total. The number of rotatable bonds is 6. The molecule has 0 spiro atoms. The number of hydrogen-bond acceptors (Lipinski definition) is 5. The molecule has 3 aromatic rings. The van der Waals surface area contributed by atoms with Crippen molar-refractivity contribution < 1.29 is 19.1 Å². The number of ether oxygens (including phenoxy) is 2. The molecule has 2 fully saturated rings. The molecule has 0 N–H and O–H groups in total. The van der Waals surface area contributed by atoms with Crippen LogP contribution in [0.1, 0.15) is 101 Å². The Morgan fingerprint density at radius 3 is 2.08 bits per heavy atom. The number of amides is 1. The van der Waals surface area contributed by atoms with Crippen molar-refractivity contribution in [2.24, 2.45) is 17.8 Å². The minimum Gasteiger partial charge on any atom is -0.469 e. The second kappa shape index (κ2) is 13.8. The molecule has 0 aromatic heterocycles. The van der Waals surface area contributed by atoms with Crippen molar-refractivity contribution in [2.45, 2.75) is 103 Å². The standard InChI is InChI=1S/C42H54N2O4/c1-41(2,3)31-17-12-28(13-18-31)25-44-35-11-9-8-10-33(35)36-24-34-30(26-43(36)23-22-38(44)45)16-21-37(39(34)40(46)47-7)48-27-29-14-19-32(20-15-29)42(4,5)6/h8-15,17-20,30,34,36-37,39H,16,21-27H2,1-7H3/t30-,34-,36-,37-,39+/m0/s1. The van der Waals surface area contributed by atoms with Crippen LogP contribution in [-0.2, 0) is 43.0 Å². The van der Waals surface area contributed by atoms with Crippen LogP contribution < -0.4 is 4.90 Å². The first kappa shape index (κ1) is 34.4. The van der Waals surface area contributed by atoms with Crippen LogP contribution in [-0.4, -0.2) is 43.1 Å². The fourth-order valence-corrected chi connectivity index (χ4v) is 8.26. The lowest BCUT2D eigenvalue weighted by Gasteiger charge is -2.51. The number of carbonyl (C=O) groups excluding carboxylic acids is 2. The SMILES string of the molecule is COC(=O)[C@@H]1[C@H]2C[C@H]3c4ccccc4N(Cc4ccc(C(C)(C)C)cc4)C(=O)CCN3C[C@@H]2CC[C@@H]1OCc1ccc(C(C)(C)C)cc1. The molecule has 0 unspecified atom stereocenters. The Labute approximate surface area is 287 Å². The van der Waals surface area contributed by atoms with Gasteiger partial charge in [-0.15, -0.1) is 0 Å². The van der Waals surface area contributed by atoms with E-state index in [1.165, 1.54) is 23.8 Å². The third-order valence-electron chi connectivity index (χ3n) is 11.1. The molecular weight excluding hydrogens is 596 g/mol. The van der Waals surface area contributed by atoms with Crippen LogP contribution in [0.5, 0.6) is 0 Å². The van der Waals surface area contributed by atoms with E-state index in [-0.39, 0.29) is 46.7 Å². The van der Waals surface area contributed by atoms with Crippen molar-refractivity contribution in [3.05, 3.63) is 101 Å². The fraction of sp³-hybridized carbons (Fsp3) is 0.524. The van der Waals surface area contributed by atoms with Gasteiger partial charge in [0.25, 0.3) is 0 Å². The summed E-state index contributed by atoms with van der Waals surface area (Å²) < 4.78 is 12.1. The third-order valence-corrected chi connectivity index (χ3v) is 11.1. The maximum Gasteiger partial charge on any atom is 0.311 e.